The second-order valence-corrected chi connectivity index (χ2v) is 9.99. The van der Waals surface area contributed by atoms with E-state index >= 15 is 0 Å². The topological polar surface area (TPSA) is 66.5 Å². The van der Waals surface area contributed by atoms with Gasteiger partial charge in [-0.05, 0) is 50.8 Å². The fraction of sp³-hybridized carbons (Fsp3) is 0.409. The van der Waals surface area contributed by atoms with Crippen LogP contribution in [0.5, 0.6) is 0 Å². The lowest BCUT2D eigenvalue weighted by molar-refractivity contribution is -0.127. The van der Waals surface area contributed by atoms with Gasteiger partial charge in [-0.15, -0.1) is 0 Å². The van der Waals surface area contributed by atoms with Gasteiger partial charge in [0.05, 0.1) is 10.8 Å². The molecule has 1 aliphatic rings. The fourth-order valence-corrected chi connectivity index (χ4v) is 5.25. The van der Waals surface area contributed by atoms with Crippen molar-refractivity contribution in [1.29, 1.82) is 0 Å². The summed E-state index contributed by atoms with van der Waals surface area (Å²) < 4.78 is 27.2. The van der Waals surface area contributed by atoms with Crippen molar-refractivity contribution >= 4 is 15.9 Å². The number of hydrogen-bond acceptors (Lipinski definition) is 3. The van der Waals surface area contributed by atoms with Crippen molar-refractivity contribution in [3.63, 3.8) is 0 Å². The zero-order valence-corrected chi connectivity index (χ0v) is 17.3. The number of rotatable bonds is 6. The van der Waals surface area contributed by atoms with Crippen molar-refractivity contribution in [2.45, 2.75) is 43.5 Å². The monoisotopic (exact) mass is 400 g/mol. The van der Waals surface area contributed by atoms with E-state index in [1.807, 2.05) is 44.2 Å². The van der Waals surface area contributed by atoms with Crippen molar-refractivity contribution in [2.75, 3.05) is 13.1 Å². The minimum Gasteiger partial charge on any atom is -0.351 e. The standard InChI is InChI=1S/C22H28N2O3S/c1-22(2,16-18-10-5-3-6-11-18)23-21(25)19-12-9-15-24(17-19)28(26,27)20-13-7-4-8-14-20/h3-8,10-11,13-14,19H,9,12,15-17H2,1-2H3,(H,23,25). The Labute approximate surface area is 167 Å². The van der Waals surface area contributed by atoms with E-state index in [0.29, 0.717) is 19.4 Å². The molecule has 2 aromatic carbocycles. The van der Waals surface area contributed by atoms with E-state index < -0.39 is 15.6 Å². The summed E-state index contributed by atoms with van der Waals surface area (Å²) in [7, 11) is -3.57. The van der Waals surface area contributed by atoms with Crippen molar-refractivity contribution in [3.8, 4) is 0 Å². The summed E-state index contributed by atoms with van der Waals surface area (Å²) in [5, 5.41) is 3.13. The third-order valence-corrected chi connectivity index (χ3v) is 6.97. The van der Waals surface area contributed by atoms with E-state index in [0.717, 1.165) is 12.0 Å². The van der Waals surface area contributed by atoms with Crippen LogP contribution in [0.2, 0.25) is 0 Å². The quantitative estimate of drug-likeness (QED) is 0.810. The molecule has 1 heterocycles. The first-order valence-electron chi connectivity index (χ1n) is 9.69. The minimum absolute atomic E-state index is 0.0751. The van der Waals surface area contributed by atoms with E-state index in [4.69, 9.17) is 0 Å². The van der Waals surface area contributed by atoms with Crippen LogP contribution in [0.1, 0.15) is 32.3 Å². The molecular formula is C22H28N2O3S. The molecule has 1 amide bonds. The lowest BCUT2D eigenvalue weighted by Gasteiger charge is -2.34. The van der Waals surface area contributed by atoms with Gasteiger partial charge in [-0.1, -0.05) is 48.5 Å². The minimum atomic E-state index is -3.57. The second-order valence-electron chi connectivity index (χ2n) is 8.05. The third kappa shape index (κ3) is 5.00. The Balaban J connectivity index is 1.66. The Bertz CT molecular complexity index is 896. The van der Waals surface area contributed by atoms with Crippen LogP contribution < -0.4 is 5.32 Å². The van der Waals surface area contributed by atoms with Crippen molar-refractivity contribution in [3.05, 3.63) is 66.2 Å². The first-order chi connectivity index (χ1) is 13.3. The molecule has 2 aromatic rings. The number of piperidine rings is 1. The zero-order chi connectivity index (χ0) is 20.2. The van der Waals surface area contributed by atoms with Gasteiger partial charge in [0.1, 0.15) is 0 Å². The van der Waals surface area contributed by atoms with E-state index in [2.05, 4.69) is 5.32 Å². The number of carbonyl (C=O) groups excluding carboxylic acids is 1. The maximum atomic E-state index is 12.9. The Kier molecular flexibility index (Phi) is 6.20. The summed E-state index contributed by atoms with van der Waals surface area (Å²) in [6.45, 7) is 4.68. The van der Waals surface area contributed by atoms with Gasteiger partial charge in [0.2, 0.25) is 15.9 Å². The van der Waals surface area contributed by atoms with Crippen LogP contribution in [-0.2, 0) is 21.2 Å². The van der Waals surface area contributed by atoms with Gasteiger partial charge < -0.3 is 5.32 Å². The molecule has 1 N–H and O–H groups in total. The number of sulfonamides is 1. The van der Waals surface area contributed by atoms with E-state index in [-0.39, 0.29) is 23.3 Å². The first kappa shape index (κ1) is 20.6. The smallest absolute Gasteiger partial charge is 0.243 e. The Morgan fingerprint density at radius 1 is 1.07 bits per heavy atom. The molecule has 0 aliphatic carbocycles. The highest BCUT2D eigenvalue weighted by atomic mass is 32.2. The summed E-state index contributed by atoms with van der Waals surface area (Å²) in [6.07, 6.45) is 2.11. The van der Waals surface area contributed by atoms with Crippen LogP contribution in [0.4, 0.5) is 0 Å². The maximum Gasteiger partial charge on any atom is 0.243 e. The maximum absolute atomic E-state index is 12.9. The summed E-state index contributed by atoms with van der Waals surface area (Å²) in [4.78, 5) is 13.2. The second kappa shape index (κ2) is 8.45. The van der Waals surface area contributed by atoms with Crippen LogP contribution in [0, 0.1) is 5.92 Å². The largest absolute Gasteiger partial charge is 0.351 e. The van der Waals surface area contributed by atoms with Crippen molar-refractivity contribution in [1.82, 2.24) is 9.62 Å². The van der Waals surface area contributed by atoms with Crippen LogP contribution in [-0.4, -0.2) is 37.3 Å². The molecule has 3 rings (SSSR count). The van der Waals surface area contributed by atoms with Gasteiger partial charge in [-0.3, -0.25) is 4.79 Å². The molecule has 0 aromatic heterocycles. The summed E-state index contributed by atoms with van der Waals surface area (Å²) in [5.74, 6) is -0.406. The number of carbonyl (C=O) groups is 1. The molecule has 150 valence electrons. The lowest BCUT2D eigenvalue weighted by atomic mass is 9.92. The highest BCUT2D eigenvalue weighted by molar-refractivity contribution is 7.89. The fourth-order valence-electron chi connectivity index (χ4n) is 3.70. The molecule has 1 atom stereocenters. The molecule has 1 unspecified atom stereocenters. The summed E-state index contributed by atoms with van der Waals surface area (Å²) >= 11 is 0. The Hall–Kier alpha value is -2.18. The highest BCUT2D eigenvalue weighted by Crippen LogP contribution is 2.24. The molecule has 1 fully saturated rings. The van der Waals surface area contributed by atoms with Crippen LogP contribution in [0.15, 0.2) is 65.6 Å². The normalized spacial score (nSPS) is 18.6. The molecule has 5 nitrogen and oxygen atoms in total. The van der Waals surface area contributed by atoms with Crippen LogP contribution >= 0.6 is 0 Å². The van der Waals surface area contributed by atoms with Gasteiger partial charge >= 0.3 is 0 Å². The number of benzene rings is 2. The number of hydrogen-bond donors (Lipinski definition) is 1. The molecule has 28 heavy (non-hydrogen) atoms. The summed E-state index contributed by atoms with van der Waals surface area (Å²) in [5.41, 5.74) is 0.753. The molecule has 0 spiro atoms. The molecule has 6 heteroatoms. The predicted molar refractivity (Wildman–Crippen MR) is 110 cm³/mol. The molecule has 1 saturated heterocycles. The van der Waals surface area contributed by atoms with Crippen LogP contribution in [0.25, 0.3) is 0 Å². The van der Waals surface area contributed by atoms with Crippen LogP contribution in [0.3, 0.4) is 0 Å². The van der Waals surface area contributed by atoms with Gasteiger partial charge in [-0.2, -0.15) is 4.31 Å². The summed E-state index contributed by atoms with van der Waals surface area (Å²) in [6, 6.07) is 18.5. The predicted octanol–water partition coefficient (Wildman–Crippen LogP) is 3.22. The molecule has 0 saturated carbocycles. The number of nitrogens with zero attached hydrogens (tertiary/aromatic N) is 1. The van der Waals surface area contributed by atoms with Gasteiger partial charge in [0, 0.05) is 18.6 Å². The van der Waals surface area contributed by atoms with E-state index in [1.54, 1.807) is 30.3 Å². The molecule has 1 aliphatic heterocycles. The Morgan fingerprint density at radius 2 is 1.68 bits per heavy atom. The van der Waals surface area contributed by atoms with Gasteiger partial charge in [-0.25, -0.2) is 8.42 Å². The molecular weight excluding hydrogens is 372 g/mol. The van der Waals surface area contributed by atoms with Crippen molar-refractivity contribution in [2.24, 2.45) is 5.92 Å². The zero-order valence-electron chi connectivity index (χ0n) is 16.5. The molecule has 0 bridgehead atoms. The average molecular weight is 401 g/mol. The Morgan fingerprint density at radius 3 is 2.32 bits per heavy atom. The SMILES string of the molecule is CC(C)(Cc1ccccc1)NC(=O)C1CCCN(S(=O)(=O)c2ccccc2)C1. The average Bonchev–Trinajstić information content (AvgIpc) is 2.69. The number of amides is 1. The molecule has 0 radical (unpaired) electrons. The first-order valence-corrected chi connectivity index (χ1v) is 11.1. The third-order valence-electron chi connectivity index (χ3n) is 5.09. The van der Waals surface area contributed by atoms with E-state index in [1.165, 1.54) is 4.31 Å². The number of nitrogens with one attached hydrogen (secondary N) is 1. The van der Waals surface area contributed by atoms with E-state index in [9.17, 15) is 13.2 Å². The van der Waals surface area contributed by atoms with Crippen molar-refractivity contribution < 1.29 is 13.2 Å². The highest BCUT2D eigenvalue weighted by Gasteiger charge is 2.34. The van der Waals surface area contributed by atoms with Gasteiger partial charge in [0.15, 0.2) is 0 Å². The lowest BCUT2D eigenvalue weighted by Crippen LogP contribution is -2.51. The van der Waals surface area contributed by atoms with Gasteiger partial charge in [0.25, 0.3) is 0 Å².